The molecule has 1 aromatic heterocycles. The molecule has 1 N–H and O–H groups in total. The van der Waals surface area contributed by atoms with Crippen molar-refractivity contribution in [2.45, 2.75) is 33.2 Å². The van der Waals surface area contributed by atoms with Gasteiger partial charge in [-0.05, 0) is 62.6 Å². The summed E-state index contributed by atoms with van der Waals surface area (Å²) in [6.45, 7) is 5.98. The monoisotopic (exact) mass is 385 g/mol. The molecular formula is C24H23N3O2. The van der Waals surface area contributed by atoms with Gasteiger partial charge in [0.1, 0.15) is 11.4 Å². The van der Waals surface area contributed by atoms with Crippen LogP contribution < -0.4 is 10.2 Å². The standard InChI is InChI=1S/C24H23N3O2/c1-15-11-12-19(16(2)13-15)26-23(28)20-8-6-9-21(25-20)24(29)27-17(3)14-18-7-4-5-10-22(18)27/h4-13,17H,14H2,1-3H3,(H,26,28). The Bertz CT molecular complexity index is 1110. The molecule has 0 spiro atoms. The number of carbonyl (C=O) groups is 2. The van der Waals surface area contributed by atoms with E-state index in [1.807, 2.05) is 63.2 Å². The zero-order valence-corrected chi connectivity index (χ0v) is 16.8. The third kappa shape index (κ3) is 3.63. The number of benzene rings is 2. The summed E-state index contributed by atoms with van der Waals surface area (Å²) in [5.41, 5.74) is 5.40. The molecule has 2 aromatic carbocycles. The highest BCUT2D eigenvalue weighted by atomic mass is 16.2. The maximum Gasteiger partial charge on any atom is 0.277 e. The lowest BCUT2D eigenvalue weighted by molar-refractivity contribution is 0.0976. The van der Waals surface area contributed by atoms with Gasteiger partial charge in [0, 0.05) is 17.4 Å². The van der Waals surface area contributed by atoms with E-state index < -0.39 is 0 Å². The van der Waals surface area contributed by atoms with Gasteiger partial charge in [0.15, 0.2) is 0 Å². The van der Waals surface area contributed by atoms with E-state index in [9.17, 15) is 9.59 Å². The lowest BCUT2D eigenvalue weighted by Gasteiger charge is -2.22. The summed E-state index contributed by atoms with van der Waals surface area (Å²) >= 11 is 0. The average Bonchev–Trinajstić information content (AvgIpc) is 3.05. The first kappa shape index (κ1) is 18.9. The second-order valence-electron chi connectivity index (χ2n) is 7.54. The Morgan fingerprint density at radius 3 is 2.55 bits per heavy atom. The molecule has 1 unspecified atom stereocenters. The van der Waals surface area contributed by atoms with Gasteiger partial charge in [0.05, 0.1) is 0 Å². The number of pyridine rings is 1. The lowest BCUT2D eigenvalue weighted by atomic mass is 10.1. The molecule has 1 aliphatic rings. The Morgan fingerprint density at radius 1 is 1.00 bits per heavy atom. The highest BCUT2D eigenvalue weighted by molar-refractivity contribution is 6.08. The van der Waals surface area contributed by atoms with Crippen LogP contribution in [0.25, 0.3) is 0 Å². The van der Waals surface area contributed by atoms with Crippen LogP contribution in [0.3, 0.4) is 0 Å². The Hall–Kier alpha value is -3.47. The molecule has 0 radical (unpaired) electrons. The summed E-state index contributed by atoms with van der Waals surface area (Å²) in [6.07, 6.45) is 0.814. The first-order valence-electron chi connectivity index (χ1n) is 9.71. The van der Waals surface area contributed by atoms with Crippen LogP contribution in [0.4, 0.5) is 11.4 Å². The molecule has 1 atom stereocenters. The molecule has 0 saturated carbocycles. The van der Waals surface area contributed by atoms with Gasteiger partial charge in [0.2, 0.25) is 0 Å². The van der Waals surface area contributed by atoms with Crippen LogP contribution in [0.5, 0.6) is 0 Å². The van der Waals surface area contributed by atoms with Crippen LogP contribution in [0.15, 0.2) is 60.7 Å². The van der Waals surface area contributed by atoms with Gasteiger partial charge in [-0.2, -0.15) is 0 Å². The Kier molecular flexibility index (Phi) is 4.89. The van der Waals surface area contributed by atoms with Crippen LogP contribution in [0.1, 0.15) is 44.6 Å². The maximum atomic E-state index is 13.2. The normalized spacial score (nSPS) is 15.1. The van der Waals surface area contributed by atoms with E-state index in [2.05, 4.69) is 10.3 Å². The van der Waals surface area contributed by atoms with Crippen LogP contribution in [0, 0.1) is 13.8 Å². The number of fused-ring (bicyclic) bond motifs is 1. The Morgan fingerprint density at radius 2 is 1.76 bits per heavy atom. The number of anilines is 2. The second kappa shape index (κ2) is 7.51. The minimum Gasteiger partial charge on any atom is -0.320 e. The number of para-hydroxylation sites is 1. The molecule has 0 bridgehead atoms. The van der Waals surface area contributed by atoms with Crippen molar-refractivity contribution in [2.24, 2.45) is 0 Å². The first-order valence-corrected chi connectivity index (χ1v) is 9.71. The van der Waals surface area contributed by atoms with E-state index in [-0.39, 0.29) is 29.2 Å². The molecule has 29 heavy (non-hydrogen) atoms. The molecular weight excluding hydrogens is 362 g/mol. The van der Waals surface area contributed by atoms with Crippen molar-refractivity contribution in [1.29, 1.82) is 0 Å². The summed E-state index contributed by atoms with van der Waals surface area (Å²) in [7, 11) is 0. The minimum absolute atomic E-state index is 0.0504. The Balaban J connectivity index is 1.59. The zero-order chi connectivity index (χ0) is 20.5. The minimum atomic E-state index is -0.332. The van der Waals surface area contributed by atoms with E-state index in [0.717, 1.165) is 34.5 Å². The van der Waals surface area contributed by atoms with Crippen molar-refractivity contribution in [3.8, 4) is 0 Å². The van der Waals surface area contributed by atoms with Crippen LogP contribution in [-0.4, -0.2) is 22.8 Å². The number of nitrogens with zero attached hydrogens (tertiary/aromatic N) is 2. The quantitative estimate of drug-likeness (QED) is 0.720. The number of carbonyl (C=O) groups excluding carboxylic acids is 2. The number of aryl methyl sites for hydroxylation is 2. The van der Waals surface area contributed by atoms with E-state index in [4.69, 9.17) is 0 Å². The predicted molar refractivity (Wildman–Crippen MR) is 115 cm³/mol. The first-order chi connectivity index (χ1) is 13.9. The highest BCUT2D eigenvalue weighted by Crippen LogP contribution is 2.32. The van der Waals surface area contributed by atoms with Crippen molar-refractivity contribution in [3.05, 3.63) is 88.7 Å². The fourth-order valence-corrected chi connectivity index (χ4v) is 3.82. The SMILES string of the molecule is Cc1ccc(NC(=O)c2cccc(C(=O)N3c4ccccc4CC3C)n2)c(C)c1. The topological polar surface area (TPSA) is 62.3 Å². The predicted octanol–water partition coefficient (Wildman–Crippen LogP) is 4.54. The summed E-state index contributed by atoms with van der Waals surface area (Å²) in [5, 5.41) is 2.89. The van der Waals surface area contributed by atoms with Gasteiger partial charge < -0.3 is 10.2 Å². The van der Waals surface area contributed by atoms with Crippen molar-refractivity contribution in [2.75, 3.05) is 10.2 Å². The molecule has 0 aliphatic carbocycles. The fraction of sp³-hybridized carbons (Fsp3) is 0.208. The lowest BCUT2D eigenvalue weighted by Crippen LogP contribution is -2.36. The summed E-state index contributed by atoms with van der Waals surface area (Å²) < 4.78 is 0. The van der Waals surface area contributed by atoms with E-state index in [0.29, 0.717) is 0 Å². The van der Waals surface area contributed by atoms with Gasteiger partial charge in [-0.3, -0.25) is 9.59 Å². The number of aromatic nitrogens is 1. The molecule has 3 aromatic rings. The van der Waals surface area contributed by atoms with Crippen molar-refractivity contribution < 1.29 is 9.59 Å². The summed E-state index contributed by atoms with van der Waals surface area (Å²) in [6, 6.07) is 18.8. The molecule has 5 nitrogen and oxygen atoms in total. The highest BCUT2D eigenvalue weighted by Gasteiger charge is 2.32. The van der Waals surface area contributed by atoms with Gasteiger partial charge in [-0.25, -0.2) is 4.98 Å². The zero-order valence-electron chi connectivity index (χ0n) is 16.8. The molecule has 0 saturated heterocycles. The third-order valence-electron chi connectivity index (χ3n) is 5.26. The number of rotatable bonds is 3. The van der Waals surface area contributed by atoms with Crippen LogP contribution >= 0.6 is 0 Å². The van der Waals surface area contributed by atoms with E-state index >= 15 is 0 Å². The van der Waals surface area contributed by atoms with Crippen molar-refractivity contribution in [3.63, 3.8) is 0 Å². The second-order valence-corrected chi connectivity index (χ2v) is 7.54. The number of hydrogen-bond donors (Lipinski definition) is 1. The van der Waals surface area contributed by atoms with Gasteiger partial charge in [0.25, 0.3) is 11.8 Å². The summed E-state index contributed by atoms with van der Waals surface area (Å²) in [4.78, 5) is 32.0. The van der Waals surface area contributed by atoms with Crippen molar-refractivity contribution >= 4 is 23.2 Å². The molecule has 4 rings (SSSR count). The fourth-order valence-electron chi connectivity index (χ4n) is 3.82. The van der Waals surface area contributed by atoms with Crippen LogP contribution in [0.2, 0.25) is 0 Å². The average molecular weight is 385 g/mol. The Labute approximate surface area is 170 Å². The van der Waals surface area contributed by atoms with E-state index in [1.165, 1.54) is 0 Å². The third-order valence-corrected chi connectivity index (χ3v) is 5.26. The molecule has 2 amide bonds. The van der Waals surface area contributed by atoms with Crippen LogP contribution in [-0.2, 0) is 6.42 Å². The maximum absolute atomic E-state index is 13.2. The number of hydrogen-bond acceptors (Lipinski definition) is 3. The molecule has 0 fully saturated rings. The molecule has 146 valence electrons. The van der Waals surface area contributed by atoms with Gasteiger partial charge in [-0.1, -0.05) is 42.0 Å². The number of nitrogens with one attached hydrogen (secondary N) is 1. The van der Waals surface area contributed by atoms with Crippen molar-refractivity contribution in [1.82, 2.24) is 4.98 Å². The largest absolute Gasteiger partial charge is 0.320 e. The molecule has 2 heterocycles. The summed E-state index contributed by atoms with van der Waals surface area (Å²) in [5.74, 6) is -0.523. The molecule has 1 aliphatic heterocycles. The van der Waals surface area contributed by atoms with E-state index in [1.54, 1.807) is 23.1 Å². The van der Waals surface area contributed by atoms with Gasteiger partial charge >= 0.3 is 0 Å². The van der Waals surface area contributed by atoms with Gasteiger partial charge in [-0.15, -0.1) is 0 Å². The smallest absolute Gasteiger partial charge is 0.277 e. The number of amides is 2. The molecule has 5 heteroatoms.